The second kappa shape index (κ2) is 5.03. The maximum absolute atomic E-state index is 11.9. The summed E-state index contributed by atoms with van der Waals surface area (Å²) in [6.07, 6.45) is 2.24. The fraction of sp³-hybridized carbons (Fsp3) is 0.667. The molecule has 0 aromatic carbocycles. The molecule has 6 heteroatoms. The van der Waals surface area contributed by atoms with E-state index in [-0.39, 0.29) is 5.91 Å². The van der Waals surface area contributed by atoms with Gasteiger partial charge >= 0.3 is 0 Å². The molecule has 1 aromatic rings. The smallest absolute Gasteiger partial charge is 0.275 e. The molecule has 1 aromatic heterocycles. The summed E-state index contributed by atoms with van der Waals surface area (Å²) in [5.74, 6) is 0.667. The van der Waals surface area contributed by atoms with Gasteiger partial charge in [0.15, 0.2) is 5.69 Å². The lowest BCUT2D eigenvalue weighted by molar-refractivity contribution is 0.0781. The third-order valence-corrected chi connectivity index (χ3v) is 3.63. The van der Waals surface area contributed by atoms with Crippen molar-refractivity contribution in [3.05, 3.63) is 11.1 Å². The first-order valence-electron chi connectivity index (χ1n) is 4.93. The molecule has 1 aliphatic rings. The normalized spacial score (nSPS) is 20.9. The number of hydrogen-bond acceptors (Lipinski definition) is 4. The highest BCUT2D eigenvalue weighted by Gasteiger charge is 2.27. The number of alkyl halides is 1. The average molecular weight is 290 g/mol. The van der Waals surface area contributed by atoms with Gasteiger partial charge in [0, 0.05) is 23.8 Å². The average Bonchev–Trinajstić information content (AvgIpc) is 2.87. The first-order valence-corrected chi connectivity index (χ1v) is 6.89. The lowest BCUT2D eigenvalue weighted by Crippen LogP contribution is -2.29. The van der Waals surface area contributed by atoms with Gasteiger partial charge < -0.3 is 4.90 Å². The number of rotatable bonds is 3. The number of halogens is 1. The van der Waals surface area contributed by atoms with Gasteiger partial charge in [-0.05, 0) is 30.3 Å². The van der Waals surface area contributed by atoms with Crippen LogP contribution in [0.25, 0.3) is 0 Å². The van der Waals surface area contributed by atoms with Gasteiger partial charge in [0.2, 0.25) is 0 Å². The van der Waals surface area contributed by atoms with Gasteiger partial charge in [-0.1, -0.05) is 20.4 Å². The summed E-state index contributed by atoms with van der Waals surface area (Å²) in [4.78, 5) is 13.8. The second-order valence-corrected chi connectivity index (χ2v) is 5.08. The van der Waals surface area contributed by atoms with Gasteiger partial charge in [-0.3, -0.25) is 4.79 Å². The molecule has 1 fully saturated rings. The Balaban J connectivity index is 1.93. The molecule has 15 heavy (non-hydrogen) atoms. The van der Waals surface area contributed by atoms with Crippen LogP contribution in [-0.2, 0) is 0 Å². The van der Waals surface area contributed by atoms with Crippen LogP contribution in [0.15, 0.2) is 5.38 Å². The number of amides is 1. The molecule has 4 nitrogen and oxygen atoms in total. The Labute approximate surface area is 101 Å². The van der Waals surface area contributed by atoms with Crippen LogP contribution in [0.3, 0.4) is 0 Å². The highest BCUT2D eigenvalue weighted by Crippen LogP contribution is 2.21. The Morgan fingerprint density at radius 3 is 3.27 bits per heavy atom. The van der Waals surface area contributed by atoms with Crippen LogP contribution in [0, 0.1) is 5.92 Å². The molecular formula is C9H12BrN3OS. The Bertz CT molecular complexity index is 330. The molecule has 0 saturated carbocycles. The number of carbonyl (C=O) groups is 1. The van der Waals surface area contributed by atoms with E-state index in [1.165, 1.54) is 11.5 Å². The molecule has 1 amide bonds. The molecule has 2 heterocycles. The summed E-state index contributed by atoms with van der Waals surface area (Å²) in [5.41, 5.74) is 0.486. The summed E-state index contributed by atoms with van der Waals surface area (Å²) in [5, 5.41) is 6.52. The van der Waals surface area contributed by atoms with E-state index in [9.17, 15) is 4.79 Å². The van der Waals surface area contributed by atoms with E-state index in [1.54, 1.807) is 5.38 Å². The van der Waals surface area contributed by atoms with E-state index in [1.807, 2.05) is 4.90 Å². The van der Waals surface area contributed by atoms with Gasteiger partial charge in [0.25, 0.3) is 5.91 Å². The monoisotopic (exact) mass is 289 g/mol. The molecule has 82 valence electrons. The molecule has 2 rings (SSSR count). The van der Waals surface area contributed by atoms with Crippen molar-refractivity contribution < 1.29 is 4.79 Å². The predicted molar refractivity (Wildman–Crippen MR) is 62.3 cm³/mol. The molecule has 0 radical (unpaired) electrons. The van der Waals surface area contributed by atoms with Crippen molar-refractivity contribution in [2.45, 2.75) is 12.8 Å². The number of carbonyl (C=O) groups excluding carboxylic acids is 1. The van der Waals surface area contributed by atoms with E-state index in [2.05, 4.69) is 25.5 Å². The molecule has 1 saturated heterocycles. The lowest BCUT2D eigenvalue weighted by atomic mass is 10.1. The maximum atomic E-state index is 11.9. The van der Waals surface area contributed by atoms with E-state index in [0.717, 1.165) is 31.3 Å². The molecule has 0 N–H and O–H groups in total. The zero-order valence-corrected chi connectivity index (χ0v) is 10.6. The topological polar surface area (TPSA) is 46.1 Å². The van der Waals surface area contributed by atoms with Crippen molar-refractivity contribution in [2.24, 2.45) is 5.92 Å². The molecule has 0 bridgehead atoms. The third kappa shape index (κ3) is 2.55. The summed E-state index contributed by atoms with van der Waals surface area (Å²) in [7, 11) is 0. The third-order valence-electron chi connectivity index (χ3n) is 2.67. The van der Waals surface area contributed by atoms with Crippen LogP contribution in [0.5, 0.6) is 0 Å². The molecule has 1 atom stereocenters. The molecule has 0 aliphatic carbocycles. The van der Waals surface area contributed by atoms with E-state index >= 15 is 0 Å². The standard InChI is InChI=1S/C9H12BrN3OS/c10-3-1-7-2-4-13(5-7)9(14)8-6-15-12-11-8/h6-7H,1-5H2. The summed E-state index contributed by atoms with van der Waals surface area (Å²) in [6, 6.07) is 0. The van der Waals surface area contributed by atoms with Crippen LogP contribution in [-0.4, -0.2) is 38.8 Å². The largest absolute Gasteiger partial charge is 0.337 e. The maximum Gasteiger partial charge on any atom is 0.275 e. The fourth-order valence-corrected chi connectivity index (χ4v) is 2.90. The number of nitrogens with zero attached hydrogens (tertiary/aromatic N) is 3. The first-order chi connectivity index (χ1) is 7.31. The minimum atomic E-state index is 0.0285. The first kappa shape index (κ1) is 11.0. The Hall–Kier alpha value is -0.490. The Morgan fingerprint density at radius 1 is 1.73 bits per heavy atom. The van der Waals surface area contributed by atoms with Gasteiger partial charge in [-0.25, -0.2) is 0 Å². The summed E-state index contributed by atoms with van der Waals surface area (Å²) < 4.78 is 3.71. The van der Waals surface area contributed by atoms with Crippen LogP contribution in [0.4, 0.5) is 0 Å². The van der Waals surface area contributed by atoms with E-state index < -0.39 is 0 Å². The molecule has 1 aliphatic heterocycles. The summed E-state index contributed by atoms with van der Waals surface area (Å²) >= 11 is 4.65. The van der Waals surface area contributed by atoms with Crippen molar-refractivity contribution in [3.8, 4) is 0 Å². The van der Waals surface area contributed by atoms with Crippen LogP contribution in [0.1, 0.15) is 23.3 Å². The van der Waals surface area contributed by atoms with Crippen LogP contribution >= 0.6 is 27.5 Å². The zero-order valence-electron chi connectivity index (χ0n) is 8.23. The van der Waals surface area contributed by atoms with E-state index in [4.69, 9.17) is 0 Å². The van der Waals surface area contributed by atoms with Crippen molar-refractivity contribution in [1.29, 1.82) is 0 Å². The van der Waals surface area contributed by atoms with Crippen LogP contribution in [0.2, 0.25) is 0 Å². The molecule has 0 spiro atoms. The lowest BCUT2D eigenvalue weighted by Gasteiger charge is -2.14. The SMILES string of the molecule is O=C(c1csnn1)N1CCC(CCBr)C1. The predicted octanol–water partition coefficient (Wildman–Crippen LogP) is 1.79. The highest BCUT2D eigenvalue weighted by atomic mass is 79.9. The summed E-state index contributed by atoms with van der Waals surface area (Å²) in [6.45, 7) is 1.72. The van der Waals surface area contributed by atoms with Gasteiger partial charge in [0.05, 0.1) is 0 Å². The number of aromatic nitrogens is 2. The van der Waals surface area contributed by atoms with Crippen molar-refractivity contribution >= 4 is 33.4 Å². The highest BCUT2D eigenvalue weighted by molar-refractivity contribution is 9.09. The molecular weight excluding hydrogens is 278 g/mol. The second-order valence-electron chi connectivity index (χ2n) is 3.67. The zero-order chi connectivity index (χ0) is 10.7. The van der Waals surface area contributed by atoms with Gasteiger partial charge in [-0.2, -0.15) is 0 Å². The van der Waals surface area contributed by atoms with E-state index in [0.29, 0.717) is 11.6 Å². The minimum Gasteiger partial charge on any atom is -0.337 e. The number of likely N-dealkylation sites (tertiary alicyclic amines) is 1. The number of hydrogen-bond donors (Lipinski definition) is 0. The fourth-order valence-electron chi connectivity index (χ4n) is 1.83. The van der Waals surface area contributed by atoms with Gasteiger partial charge in [-0.15, -0.1) is 5.10 Å². The Morgan fingerprint density at radius 2 is 2.60 bits per heavy atom. The molecule has 1 unspecified atom stereocenters. The Kier molecular flexibility index (Phi) is 3.69. The van der Waals surface area contributed by atoms with Gasteiger partial charge in [0.1, 0.15) is 0 Å². The van der Waals surface area contributed by atoms with Crippen molar-refractivity contribution in [1.82, 2.24) is 14.5 Å². The van der Waals surface area contributed by atoms with Crippen LogP contribution < -0.4 is 0 Å². The van der Waals surface area contributed by atoms with Crippen molar-refractivity contribution in [2.75, 3.05) is 18.4 Å². The quantitative estimate of drug-likeness (QED) is 0.797. The van der Waals surface area contributed by atoms with Crippen molar-refractivity contribution in [3.63, 3.8) is 0 Å². The minimum absolute atomic E-state index is 0.0285.